The minimum Gasteiger partial charge on any atom is -0.346 e. The second-order valence-electron chi connectivity index (χ2n) is 7.21. The summed E-state index contributed by atoms with van der Waals surface area (Å²) in [5.41, 5.74) is -0.764. The smallest absolute Gasteiger partial charge is 0.346 e. The topological polar surface area (TPSA) is 86.0 Å². The number of halogens is 2. The van der Waals surface area contributed by atoms with Crippen LogP contribution in [-0.4, -0.2) is 20.3 Å². The molecule has 0 aliphatic heterocycles. The monoisotopic (exact) mass is 448 g/mol. The number of carbonyl (C=O) groups excluding carboxylic acids is 1. The van der Waals surface area contributed by atoms with Gasteiger partial charge in [-0.05, 0) is 47.5 Å². The zero-order valence-electron chi connectivity index (χ0n) is 17.2. The average molecular weight is 448 g/mol. The van der Waals surface area contributed by atoms with E-state index < -0.39 is 34.5 Å². The standard InChI is InChI=1S/C24H18F2N4O3/c25-18-8-6-17(7-9-18)15-29-23(32)21(22(31)27-14-16-4-2-1-3-5-16)28-30(24(29)33)20-12-10-19(26)11-13-20/h1-13H,14-15H2,(H,27,31). The van der Waals surface area contributed by atoms with Gasteiger partial charge in [0.25, 0.3) is 11.5 Å². The highest BCUT2D eigenvalue weighted by Gasteiger charge is 2.20. The molecule has 0 radical (unpaired) electrons. The van der Waals surface area contributed by atoms with Crippen molar-refractivity contribution < 1.29 is 13.6 Å². The minimum absolute atomic E-state index is 0.147. The van der Waals surface area contributed by atoms with Crippen LogP contribution in [0, 0.1) is 11.6 Å². The normalized spacial score (nSPS) is 10.7. The van der Waals surface area contributed by atoms with Gasteiger partial charge in [-0.1, -0.05) is 42.5 Å². The van der Waals surface area contributed by atoms with Crippen molar-refractivity contribution in [2.45, 2.75) is 13.1 Å². The lowest BCUT2D eigenvalue weighted by molar-refractivity contribution is 0.0941. The van der Waals surface area contributed by atoms with Crippen LogP contribution in [-0.2, 0) is 13.1 Å². The molecule has 0 saturated heterocycles. The molecule has 0 unspecified atom stereocenters. The lowest BCUT2D eigenvalue weighted by Gasteiger charge is -2.12. The molecule has 1 heterocycles. The third-order valence-corrected chi connectivity index (χ3v) is 4.90. The van der Waals surface area contributed by atoms with Crippen LogP contribution >= 0.6 is 0 Å². The number of amides is 1. The third-order valence-electron chi connectivity index (χ3n) is 4.90. The fraction of sp³-hybridized carbons (Fsp3) is 0.0833. The molecular formula is C24H18F2N4O3. The first-order chi connectivity index (χ1) is 15.9. The molecule has 1 aromatic heterocycles. The summed E-state index contributed by atoms with van der Waals surface area (Å²) in [5.74, 6) is -1.76. The summed E-state index contributed by atoms with van der Waals surface area (Å²) in [5, 5.41) is 6.60. The molecule has 9 heteroatoms. The van der Waals surface area contributed by atoms with Crippen LogP contribution in [0.3, 0.4) is 0 Å². The molecule has 0 aliphatic rings. The molecule has 4 rings (SSSR count). The molecule has 3 aromatic carbocycles. The Kier molecular flexibility index (Phi) is 6.21. The molecule has 0 saturated carbocycles. The van der Waals surface area contributed by atoms with Crippen LogP contribution in [0.2, 0.25) is 0 Å². The fourth-order valence-corrected chi connectivity index (χ4v) is 3.18. The van der Waals surface area contributed by atoms with Crippen LogP contribution in [0.5, 0.6) is 0 Å². The van der Waals surface area contributed by atoms with Crippen molar-refractivity contribution in [3.8, 4) is 5.69 Å². The van der Waals surface area contributed by atoms with Gasteiger partial charge in [-0.3, -0.25) is 14.2 Å². The maximum atomic E-state index is 13.4. The third kappa shape index (κ3) is 4.93. The molecule has 0 fully saturated rings. The van der Waals surface area contributed by atoms with Gasteiger partial charge in [-0.2, -0.15) is 9.78 Å². The Bertz CT molecular complexity index is 1400. The van der Waals surface area contributed by atoms with E-state index in [2.05, 4.69) is 10.4 Å². The number of hydrogen-bond donors (Lipinski definition) is 1. The van der Waals surface area contributed by atoms with Gasteiger partial charge in [-0.15, -0.1) is 0 Å². The number of nitrogens with one attached hydrogen (secondary N) is 1. The van der Waals surface area contributed by atoms with E-state index in [0.29, 0.717) is 5.56 Å². The quantitative estimate of drug-likeness (QED) is 0.492. The summed E-state index contributed by atoms with van der Waals surface area (Å²) in [6, 6.07) is 19.2. The molecule has 33 heavy (non-hydrogen) atoms. The zero-order valence-corrected chi connectivity index (χ0v) is 17.2. The Hall–Kier alpha value is -4.40. The number of carbonyl (C=O) groups is 1. The van der Waals surface area contributed by atoms with Crippen LogP contribution in [0.1, 0.15) is 21.6 Å². The number of hydrogen-bond acceptors (Lipinski definition) is 4. The number of aromatic nitrogens is 3. The molecule has 166 valence electrons. The minimum atomic E-state index is -0.895. The first kappa shape index (κ1) is 21.8. The van der Waals surface area contributed by atoms with Crippen LogP contribution in [0.4, 0.5) is 8.78 Å². The second-order valence-corrected chi connectivity index (χ2v) is 7.21. The van der Waals surface area contributed by atoms with E-state index in [4.69, 9.17) is 0 Å². The van der Waals surface area contributed by atoms with E-state index in [-0.39, 0.29) is 18.8 Å². The van der Waals surface area contributed by atoms with Gasteiger partial charge < -0.3 is 5.32 Å². The number of nitrogens with zero attached hydrogens (tertiary/aromatic N) is 3. The Morgan fingerprint density at radius 2 is 1.42 bits per heavy atom. The summed E-state index contributed by atoms with van der Waals surface area (Å²) < 4.78 is 28.3. The fourth-order valence-electron chi connectivity index (χ4n) is 3.18. The van der Waals surface area contributed by atoms with Crippen LogP contribution in [0.15, 0.2) is 88.5 Å². The van der Waals surface area contributed by atoms with Gasteiger partial charge >= 0.3 is 5.69 Å². The van der Waals surface area contributed by atoms with Crippen molar-refractivity contribution in [1.82, 2.24) is 19.7 Å². The first-order valence-electron chi connectivity index (χ1n) is 9.99. The molecule has 0 bridgehead atoms. The Labute approximate surface area is 186 Å². The van der Waals surface area contributed by atoms with Gasteiger partial charge in [0.1, 0.15) is 11.6 Å². The first-order valence-corrected chi connectivity index (χ1v) is 9.99. The predicted octanol–water partition coefficient (Wildman–Crippen LogP) is 2.65. The Morgan fingerprint density at radius 3 is 2.06 bits per heavy atom. The SMILES string of the molecule is O=C(NCc1ccccc1)c1nn(-c2ccc(F)cc2)c(=O)n(Cc2ccc(F)cc2)c1=O. The summed E-state index contributed by atoms with van der Waals surface area (Å²) in [4.78, 5) is 38.9. The van der Waals surface area contributed by atoms with E-state index in [9.17, 15) is 23.2 Å². The van der Waals surface area contributed by atoms with Crippen molar-refractivity contribution in [3.05, 3.63) is 128 Å². The van der Waals surface area contributed by atoms with Crippen molar-refractivity contribution in [2.75, 3.05) is 0 Å². The van der Waals surface area contributed by atoms with E-state index >= 15 is 0 Å². The molecule has 0 spiro atoms. The summed E-state index contributed by atoms with van der Waals surface area (Å²) in [6.07, 6.45) is 0. The van der Waals surface area contributed by atoms with E-state index in [1.165, 1.54) is 36.4 Å². The molecule has 0 atom stereocenters. The highest BCUT2D eigenvalue weighted by molar-refractivity contribution is 5.91. The van der Waals surface area contributed by atoms with Crippen molar-refractivity contribution in [1.29, 1.82) is 0 Å². The van der Waals surface area contributed by atoms with Crippen molar-refractivity contribution >= 4 is 5.91 Å². The lowest BCUT2D eigenvalue weighted by atomic mass is 10.2. The maximum absolute atomic E-state index is 13.4. The van der Waals surface area contributed by atoms with Gasteiger partial charge in [0.15, 0.2) is 0 Å². The summed E-state index contributed by atoms with van der Waals surface area (Å²) >= 11 is 0. The highest BCUT2D eigenvalue weighted by atomic mass is 19.1. The maximum Gasteiger partial charge on any atom is 0.352 e. The van der Waals surface area contributed by atoms with Gasteiger partial charge in [0.05, 0.1) is 12.2 Å². The summed E-state index contributed by atoms with van der Waals surface area (Å²) in [6.45, 7) is -0.0605. The van der Waals surface area contributed by atoms with E-state index in [1.807, 2.05) is 18.2 Å². The zero-order chi connectivity index (χ0) is 23.4. The van der Waals surface area contributed by atoms with E-state index in [0.717, 1.165) is 26.9 Å². The number of benzene rings is 3. The largest absolute Gasteiger partial charge is 0.352 e. The van der Waals surface area contributed by atoms with Crippen LogP contribution in [0.25, 0.3) is 5.69 Å². The summed E-state index contributed by atoms with van der Waals surface area (Å²) in [7, 11) is 0. The van der Waals surface area contributed by atoms with Gasteiger partial charge in [-0.25, -0.2) is 13.6 Å². The second kappa shape index (κ2) is 9.39. The van der Waals surface area contributed by atoms with Crippen molar-refractivity contribution in [2.24, 2.45) is 0 Å². The van der Waals surface area contributed by atoms with Crippen molar-refractivity contribution in [3.63, 3.8) is 0 Å². The van der Waals surface area contributed by atoms with E-state index in [1.54, 1.807) is 12.1 Å². The molecule has 7 nitrogen and oxygen atoms in total. The number of rotatable bonds is 6. The van der Waals surface area contributed by atoms with Crippen LogP contribution < -0.4 is 16.6 Å². The average Bonchev–Trinajstić information content (AvgIpc) is 2.83. The molecule has 4 aromatic rings. The Morgan fingerprint density at radius 1 is 0.818 bits per heavy atom. The highest BCUT2D eigenvalue weighted by Crippen LogP contribution is 2.07. The Balaban J connectivity index is 1.77. The van der Waals surface area contributed by atoms with Gasteiger partial charge in [0.2, 0.25) is 5.69 Å². The predicted molar refractivity (Wildman–Crippen MR) is 117 cm³/mol. The molecular weight excluding hydrogens is 430 g/mol. The molecule has 1 N–H and O–H groups in total. The molecule has 0 aliphatic carbocycles. The molecule has 1 amide bonds. The van der Waals surface area contributed by atoms with Gasteiger partial charge in [0, 0.05) is 6.54 Å². The lowest BCUT2D eigenvalue weighted by Crippen LogP contribution is -2.46.